The average Bonchev–Trinajstić information content (AvgIpc) is 2.30. The second kappa shape index (κ2) is 2.88. The number of hydrogen-bond donors (Lipinski definition) is 1. The molecule has 0 bridgehead atoms. The zero-order valence-electron chi connectivity index (χ0n) is 7.03. The van der Waals surface area contributed by atoms with E-state index in [9.17, 15) is 13.2 Å². The van der Waals surface area contributed by atoms with Crippen LogP contribution in [0.15, 0.2) is 0 Å². The summed E-state index contributed by atoms with van der Waals surface area (Å²) in [5.41, 5.74) is -1.98. The van der Waals surface area contributed by atoms with E-state index in [2.05, 4.69) is 10.1 Å². The summed E-state index contributed by atoms with van der Waals surface area (Å²) in [6.45, 7) is 1.85. The predicted octanol–water partition coefficient (Wildman–Crippen LogP) is 1.32. The van der Waals surface area contributed by atoms with Crippen LogP contribution in [0.1, 0.15) is 13.3 Å². The van der Waals surface area contributed by atoms with Crippen molar-refractivity contribution in [2.75, 3.05) is 13.7 Å². The highest BCUT2D eigenvalue weighted by Gasteiger charge is 2.60. The van der Waals surface area contributed by atoms with Crippen molar-refractivity contribution in [1.29, 1.82) is 0 Å². The summed E-state index contributed by atoms with van der Waals surface area (Å²) < 4.78 is 42.1. The molecule has 2 atom stereocenters. The molecule has 2 nitrogen and oxygen atoms in total. The molecule has 0 amide bonds. The van der Waals surface area contributed by atoms with E-state index in [4.69, 9.17) is 0 Å². The first-order valence-electron chi connectivity index (χ1n) is 3.79. The van der Waals surface area contributed by atoms with Crippen molar-refractivity contribution >= 4 is 0 Å². The molecule has 0 aliphatic carbocycles. The minimum absolute atomic E-state index is 0.00579. The highest BCUT2D eigenvalue weighted by atomic mass is 19.4. The first kappa shape index (κ1) is 9.80. The molecule has 1 rings (SSSR count). The lowest BCUT2D eigenvalue weighted by Gasteiger charge is -2.33. The Kier molecular flexibility index (Phi) is 2.35. The Hall–Kier alpha value is -0.290. The van der Waals surface area contributed by atoms with Gasteiger partial charge in [0.2, 0.25) is 0 Å². The van der Waals surface area contributed by atoms with Gasteiger partial charge < -0.3 is 10.1 Å². The van der Waals surface area contributed by atoms with Gasteiger partial charge in [-0.05, 0) is 19.9 Å². The third-order valence-corrected chi connectivity index (χ3v) is 2.49. The highest BCUT2D eigenvalue weighted by molar-refractivity contribution is 5.02. The van der Waals surface area contributed by atoms with Gasteiger partial charge in [0.15, 0.2) is 5.60 Å². The molecule has 1 aliphatic rings. The minimum Gasteiger partial charge on any atom is -0.367 e. The molecule has 1 saturated heterocycles. The molecule has 0 radical (unpaired) electrons. The minimum atomic E-state index is -4.29. The van der Waals surface area contributed by atoms with Gasteiger partial charge in [-0.1, -0.05) is 0 Å². The summed E-state index contributed by atoms with van der Waals surface area (Å²) in [5, 5.41) is 2.72. The molecule has 0 aromatic heterocycles. The zero-order chi connectivity index (χ0) is 9.41. The molecule has 1 heterocycles. The van der Waals surface area contributed by atoms with Gasteiger partial charge in [-0.15, -0.1) is 0 Å². The van der Waals surface area contributed by atoms with Crippen LogP contribution in [-0.4, -0.2) is 31.5 Å². The Morgan fingerprint density at radius 1 is 1.50 bits per heavy atom. The van der Waals surface area contributed by atoms with Crippen LogP contribution in [0.25, 0.3) is 0 Å². The number of nitrogens with one attached hydrogen (secondary N) is 1. The van der Waals surface area contributed by atoms with E-state index in [0.29, 0.717) is 6.54 Å². The topological polar surface area (TPSA) is 21.3 Å². The third kappa shape index (κ3) is 1.21. The summed E-state index contributed by atoms with van der Waals surface area (Å²) in [7, 11) is 1.11. The number of alkyl halides is 3. The normalized spacial score (nSPS) is 37.2. The first-order chi connectivity index (χ1) is 5.44. The average molecular weight is 183 g/mol. The monoisotopic (exact) mass is 183 g/mol. The maximum Gasteiger partial charge on any atom is 0.419 e. The fourth-order valence-corrected chi connectivity index (χ4v) is 1.64. The van der Waals surface area contributed by atoms with Crippen molar-refractivity contribution in [2.24, 2.45) is 0 Å². The Morgan fingerprint density at radius 3 is 2.25 bits per heavy atom. The zero-order valence-corrected chi connectivity index (χ0v) is 7.03. The molecule has 0 aromatic carbocycles. The van der Waals surface area contributed by atoms with E-state index < -0.39 is 17.8 Å². The van der Waals surface area contributed by atoms with Crippen molar-refractivity contribution in [1.82, 2.24) is 5.32 Å². The van der Waals surface area contributed by atoms with E-state index in [0.717, 1.165) is 7.11 Å². The van der Waals surface area contributed by atoms with E-state index in [1.165, 1.54) is 6.92 Å². The van der Waals surface area contributed by atoms with Crippen molar-refractivity contribution in [3.8, 4) is 0 Å². The van der Waals surface area contributed by atoms with Gasteiger partial charge >= 0.3 is 6.18 Å². The second-order valence-corrected chi connectivity index (χ2v) is 3.02. The van der Waals surface area contributed by atoms with E-state index >= 15 is 0 Å². The van der Waals surface area contributed by atoms with Crippen LogP contribution in [0.5, 0.6) is 0 Å². The standard InChI is InChI=1S/C7H12F3NO/c1-5-6(12-2,3-4-11-5)7(8,9)10/h5,11H,3-4H2,1-2H3/t5-,6?/m1/s1. The highest BCUT2D eigenvalue weighted by Crippen LogP contribution is 2.40. The number of rotatable bonds is 1. The smallest absolute Gasteiger partial charge is 0.367 e. The van der Waals surface area contributed by atoms with Gasteiger partial charge in [0.05, 0.1) is 0 Å². The number of ether oxygens (including phenoxy) is 1. The molecule has 0 saturated carbocycles. The van der Waals surface area contributed by atoms with Crippen LogP contribution < -0.4 is 5.32 Å². The fraction of sp³-hybridized carbons (Fsp3) is 1.00. The maximum atomic E-state index is 12.5. The molecule has 5 heteroatoms. The van der Waals surface area contributed by atoms with Gasteiger partial charge in [0.25, 0.3) is 0 Å². The third-order valence-electron chi connectivity index (χ3n) is 2.49. The molecule has 72 valence electrons. The van der Waals surface area contributed by atoms with Crippen LogP contribution in [0.4, 0.5) is 13.2 Å². The lowest BCUT2D eigenvalue weighted by atomic mass is 9.95. The van der Waals surface area contributed by atoms with Crippen LogP contribution in [0, 0.1) is 0 Å². The lowest BCUT2D eigenvalue weighted by molar-refractivity contribution is -0.271. The Bertz CT molecular complexity index is 171. The number of hydrogen-bond acceptors (Lipinski definition) is 2. The van der Waals surface area contributed by atoms with Crippen LogP contribution in [0.2, 0.25) is 0 Å². The van der Waals surface area contributed by atoms with Crippen molar-refractivity contribution in [3.05, 3.63) is 0 Å². The SMILES string of the molecule is COC1(C(F)(F)F)CCN[C@@H]1C. The fourth-order valence-electron chi connectivity index (χ4n) is 1.64. The van der Waals surface area contributed by atoms with Crippen LogP contribution >= 0.6 is 0 Å². The van der Waals surface area contributed by atoms with Gasteiger partial charge in [0, 0.05) is 13.2 Å². The maximum absolute atomic E-state index is 12.5. The summed E-state index contributed by atoms with van der Waals surface area (Å²) in [6.07, 6.45) is -4.29. The van der Waals surface area contributed by atoms with Crippen LogP contribution in [0.3, 0.4) is 0 Å². The molecule has 1 unspecified atom stereocenters. The quantitative estimate of drug-likeness (QED) is 0.661. The Balaban J connectivity index is 2.89. The van der Waals surface area contributed by atoms with Gasteiger partial charge in [-0.3, -0.25) is 0 Å². The number of halogens is 3. The summed E-state index contributed by atoms with van der Waals surface area (Å²) >= 11 is 0. The molecule has 12 heavy (non-hydrogen) atoms. The molecule has 1 fully saturated rings. The molecule has 0 aromatic rings. The largest absolute Gasteiger partial charge is 0.419 e. The molecule has 0 spiro atoms. The second-order valence-electron chi connectivity index (χ2n) is 3.02. The van der Waals surface area contributed by atoms with E-state index in [1.54, 1.807) is 0 Å². The van der Waals surface area contributed by atoms with E-state index in [-0.39, 0.29) is 6.42 Å². The van der Waals surface area contributed by atoms with Crippen LogP contribution in [-0.2, 0) is 4.74 Å². The summed E-state index contributed by atoms with van der Waals surface area (Å²) in [6, 6.07) is -0.664. The van der Waals surface area contributed by atoms with Gasteiger partial charge in [0.1, 0.15) is 0 Å². The summed E-state index contributed by atoms with van der Waals surface area (Å²) in [4.78, 5) is 0. The molecule has 1 N–H and O–H groups in total. The number of methoxy groups -OCH3 is 1. The predicted molar refractivity (Wildman–Crippen MR) is 37.9 cm³/mol. The molecular formula is C7H12F3NO. The Labute approximate surface area is 69.1 Å². The molecular weight excluding hydrogens is 171 g/mol. The first-order valence-corrected chi connectivity index (χ1v) is 3.79. The van der Waals surface area contributed by atoms with Crippen molar-refractivity contribution in [2.45, 2.75) is 31.2 Å². The molecule has 1 aliphatic heterocycles. The van der Waals surface area contributed by atoms with Crippen molar-refractivity contribution in [3.63, 3.8) is 0 Å². The lowest BCUT2D eigenvalue weighted by Crippen LogP contribution is -2.54. The van der Waals surface area contributed by atoms with Crippen molar-refractivity contribution < 1.29 is 17.9 Å². The Morgan fingerprint density at radius 2 is 2.08 bits per heavy atom. The van der Waals surface area contributed by atoms with Gasteiger partial charge in [-0.2, -0.15) is 13.2 Å². The summed E-state index contributed by atoms with van der Waals surface area (Å²) in [5.74, 6) is 0. The van der Waals surface area contributed by atoms with Gasteiger partial charge in [-0.25, -0.2) is 0 Å². The van der Waals surface area contributed by atoms with E-state index in [1.807, 2.05) is 0 Å².